The molecule has 0 aliphatic carbocycles. The van der Waals surface area contributed by atoms with E-state index in [0.29, 0.717) is 0 Å². The van der Waals surface area contributed by atoms with Crippen LogP contribution >= 0.6 is 0 Å². The molecular weight excluding hydrogens is 119 g/mol. The Morgan fingerprint density at radius 3 is 2.44 bits per heavy atom. The summed E-state index contributed by atoms with van der Waals surface area (Å²) in [6.07, 6.45) is 4.16. The summed E-state index contributed by atoms with van der Waals surface area (Å²) in [6, 6.07) is 0. The summed E-state index contributed by atoms with van der Waals surface area (Å²) in [4.78, 5) is 7.24. The van der Waals surface area contributed by atoms with E-state index in [0.717, 1.165) is 0 Å². The fourth-order valence-electron chi connectivity index (χ4n) is 0.444. The van der Waals surface area contributed by atoms with Crippen LogP contribution < -0.4 is 5.59 Å². The standard InChI is InChI=1S/C4H5BN2O2/c8-5(9)4-3-6-1-2-7-4/h1-3,8-9H. The van der Waals surface area contributed by atoms with Crippen molar-refractivity contribution in [3.05, 3.63) is 18.6 Å². The Bertz CT molecular complexity index is 179. The van der Waals surface area contributed by atoms with E-state index in [1.165, 1.54) is 18.6 Å². The van der Waals surface area contributed by atoms with Crippen LogP contribution in [0.1, 0.15) is 0 Å². The van der Waals surface area contributed by atoms with Gasteiger partial charge < -0.3 is 10.0 Å². The molecule has 2 N–H and O–H groups in total. The van der Waals surface area contributed by atoms with Gasteiger partial charge in [-0.25, -0.2) is 0 Å². The van der Waals surface area contributed by atoms with Crippen LogP contribution in [0.25, 0.3) is 0 Å². The normalized spacial score (nSPS) is 9.11. The van der Waals surface area contributed by atoms with Crippen molar-refractivity contribution < 1.29 is 10.0 Å². The molecular formula is C4H5BN2O2. The highest BCUT2D eigenvalue weighted by atomic mass is 16.4. The van der Waals surface area contributed by atoms with Crippen LogP contribution in [-0.4, -0.2) is 27.1 Å². The molecule has 0 radical (unpaired) electrons. The van der Waals surface area contributed by atoms with Crippen molar-refractivity contribution in [3.8, 4) is 0 Å². The second-order valence-electron chi connectivity index (χ2n) is 1.50. The fraction of sp³-hybridized carbons (Fsp3) is 0. The van der Waals surface area contributed by atoms with Crippen LogP contribution in [0.5, 0.6) is 0 Å². The Hall–Kier alpha value is -0.935. The fourth-order valence-corrected chi connectivity index (χ4v) is 0.444. The van der Waals surface area contributed by atoms with E-state index in [2.05, 4.69) is 9.97 Å². The summed E-state index contributed by atoms with van der Waals surface area (Å²) in [5.74, 6) is 0. The van der Waals surface area contributed by atoms with Crippen LogP contribution in [0.15, 0.2) is 18.6 Å². The first-order chi connectivity index (χ1) is 4.30. The molecule has 0 aliphatic rings. The maximum Gasteiger partial charge on any atom is 0.509 e. The number of nitrogens with zero attached hydrogens (tertiary/aromatic N) is 2. The zero-order valence-electron chi connectivity index (χ0n) is 4.60. The average molecular weight is 124 g/mol. The SMILES string of the molecule is OB(O)c1cnccn1. The molecule has 0 saturated heterocycles. The van der Waals surface area contributed by atoms with Gasteiger partial charge in [-0.2, -0.15) is 0 Å². The second-order valence-corrected chi connectivity index (χ2v) is 1.50. The molecule has 0 bridgehead atoms. The van der Waals surface area contributed by atoms with Crippen molar-refractivity contribution in [2.24, 2.45) is 0 Å². The molecule has 4 nitrogen and oxygen atoms in total. The minimum atomic E-state index is -1.52. The summed E-state index contributed by atoms with van der Waals surface area (Å²) in [5.41, 5.74) is 0.164. The van der Waals surface area contributed by atoms with Gasteiger partial charge in [-0.1, -0.05) is 0 Å². The van der Waals surface area contributed by atoms with Crippen molar-refractivity contribution in [2.45, 2.75) is 0 Å². The first-order valence-electron chi connectivity index (χ1n) is 2.43. The highest BCUT2D eigenvalue weighted by molar-refractivity contribution is 6.57. The lowest BCUT2D eigenvalue weighted by Crippen LogP contribution is -2.32. The Labute approximate surface area is 52.4 Å². The quantitative estimate of drug-likeness (QED) is 0.431. The topological polar surface area (TPSA) is 66.2 Å². The van der Waals surface area contributed by atoms with Gasteiger partial charge in [-0.05, 0) is 0 Å². The van der Waals surface area contributed by atoms with Gasteiger partial charge in [-0.15, -0.1) is 0 Å². The first-order valence-corrected chi connectivity index (χ1v) is 2.43. The molecule has 0 unspecified atom stereocenters. The summed E-state index contributed by atoms with van der Waals surface area (Å²) in [6.45, 7) is 0. The molecule has 1 heterocycles. The van der Waals surface area contributed by atoms with Crippen LogP contribution in [0.2, 0.25) is 0 Å². The summed E-state index contributed by atoms with van der Waals surface area (Å²) < 4.78 is 0. The molecule has 1 aromatic heterocycles. The number of aromatic nitrogens is 2. The monoisotopic (exact) mass is 124 g/mol. The van der Waals surface area contributed by atoms with Crippen molar-refractivity contribution >= 4 is 12.7 Å². The van der Waals surface area contributed by atoms with Gasteiger partial charge in [0.1, 0.15) is 0 Å². The summed E-state index contributed by atoms with van der Waals surface area (Å²) >= 11 is 0. The van der Waals surface area contributed by atoms with Crippen LogP contribution in [0.3, 0.4) is 0 Å². The Morgan fingerprint density at radius 1 is 1.33 bits per heavy atom. The molecule has 5 heteroatoms. The zero-order valence-corrected chi connectivity index (χ0v) is 4.60. The van der Waals surface area contributed by atoms with Gasteiger partial charge in [0, 0.05) is 18.6 Å². The van der Waals surface area contributed by atoms with Gasteiger partial charge in [-0.3, -0.25) is 9.97 Å². The van der Waals surface area contributed by atoms with Crippen molar-refractivity contribution in [1.29, 1.82) is 0 Å². The maximum atomic E-state index is 8.48. The molecule has 0 saturated carbocycles. The minimum absolute atomic E-state index is 0.164. The van der Waals surface area contributed by atoms with E-state index in [4.69, 9.17) is 10.0 Å². The largest absolute Gasteiger partial charge is 0.509 e. The third-order valence-electron chi connectivity index (χ3n) is 0.848. The van der Waals surface area contributed by atoms with Gasteiger partial charge >= 0.3 is 7.12 Å². The van der Waals surface area contributed by atoms with Gasteiger partial charge in [0.25, 0.3) is 0 Å². The molecule has 0 aliphatic heterocycles. The molecule has 0 atom stereocenters. The molecule has 1 rings (SSSR count). The predicted molar refractivity (Wildman–Crippen MR) is 31.9 cm³/mol. The molecule has 0 aromatic carbocycles. The van der Waals surface area contributed by atoms with Crippen molar-refractivity contribution in [1.82, 2.24) is 9.97 Å². The zero-order chi connectivity index (χ0) is 6.69. The van der Waals surface area contributed by atoms with Gasteiger partial charge in [0.15, 0.2) is 0 Å². The van der Waals surface area contributed by atoms with E-state index in [-0.39, 0.29) is 5.59 Å². The highest BCUT2D eigenvalue weighted by Gasteiger charge is 2.10. The molecule has 0 fully saturated rings. The summed E-state index contributed by atoms with van der Waals surface area (Å²) in [5, 5.41) is 17.0. The molecule has 1 aromatic rings. The lowest BCUT2D eigenvalue weighted by atomic mass is 9.87. The Balaban J connectivity index is 2.85. The minimum Gasteiger partial charge on any atom is -0.422 e. The number of rotatable bonds is 1. The molecule has 0 spiro atoms. The Morgan fingerprint density at radius 2 is 2.11 bits per heavy atom. The Kier molecular flexibility index (Phi) is 1.76. The van der Waals surface area contributed by atoms with E-state index >= 15 is 0 Å². The van der Waals surface area contributed by atoms with Crippen LogP contribution in [0, 0.1) is 0 Å². The third kappa shape index (κ3) is 1.48. The average Bonchev–Trinajstić information content (AvgIpc) is 1.90. The van der Waals surface area contributed by atoms with Crippen molar-refractivity contribution in [3.63, 3.8) is 0 Å². The molecule has 46 valence electrons. The first kappa shape index (κ1) is 6.19. The van der Waals surface area contributed by atoms with E-state index in [1.54, 1.807) is 0 Å². The van der Waals surface area contributed by atoms with Gasteiger partial charge in [0.05, 0.1) is 5.59 Å². The van der Waals surface area contributed by atoms with E-state index < -0.39 is 7.12 Å². The van der Waals surface area contributed by atoms with Crippen LogP contribution in [0.4, 0.5) is 0 Å². The lowest BCUT2D eigenvalue weighted by Gasteiger charge is -1.92. The lowest BCUT2D eigenvalue weighted by molar-refractivity contribution is 0.424. The predicted octanol–water partition coefficient (Wildman–Crippen LogP) is -1.84. The smallest absolute Gasteiger partial charge is 0.422 e. The third-order valence-corrected chi connectivity index (χ3v) is 0.848. The molecule has 9 heavy (non-hydrogen) atoms. The van der Waals surface area contributed by atoms with E-state index in [1.807, 2.05) is 0 Å². The van der Waals surface area contributed by atoms with Crippen LogP contribution in [-0.2, 0) is 0 Å². The van der Waals surface area contributed by atoms with Crippen molar-refractivity contribution in [2.75, 3.05) is 0 Å². The number of hydrogen-bond acceptors (Lipinski definition) is 4. The van der Waals surface area contributed by atoms with E-state index in [9.17, 15) is 0 Å². The number of hydrogen-bond donors (Lipinski definition) is 2. The summed E-state index contributed by atoms with van der Waals surface area (Å²) in [7, 11) is -1.52. The maximum absolute atomic E-state index is 8.48. The van der Waals surface area contributed by atoms with Gasteiger partial charge in [0.2, 0.25) is 0 Å². The second kappa shape index (κ2) is 2.57. The highest BCUT2D eigenvalue weighted by Crippen LogP contribution is 1.70. The molecule has 0 amide bonds.